The summed E-state index contributed by atoms with van der Waals surface area (Å²) >= 11 is 0. The maximum absolute atomic E-state index is 10.5. The van der Waals surface area contributed by atoms with Crippen LogP contribution in [0.15, 0.2) is 42.5 Å². The minimum atomic E-state index is -0.599. The molecule has 0 aliphatic carbocycles. The Labute approximate surface area is 141 Å². The number of methoxy groups -OCH3 is 1. The summed E-state index contributed by atoms with van der Waals surface area (Å²) in [6, 6.07) is 15.0. The van der Waals surface area contributed by atoms with E-state index in [1.807, 2.05) is 18.2 Å². The topological polar surface area (TPSA) is 65.7 Å². The predicted octanol–water partition coefficient (Wildman–Crippen LogP) is 2.49. The lowest BCUT2D eigenvalue weighted by molar-refractivity contribution is 0.105. The summed E-state index contributed by atoms with van der Waals surface area (Å²) in [7, 11) is 1.64. The maximum Gasteiger partial charge on any atom is 0.127 e. The molecule has 124 valence electrons. The minimum Gasteiger partial charge on any atom is -0.497 e. The van der Waals surface area contributed by atoms with Gasteiger partial charge in [0.15, 0.2) is 0 Å². The number of rotatable bonds is 4. The molecule has 3 rings (SSSR count). The molecule has 24 heavy (non-hydrogen) atoms. The number of fused-ring (bicyclic) bond motifs is 1. The van der Waals surface area contributed by atoms with Crippen LogP contribution < -0.4 is 9.47 Å². The van der Waals surface area contributed by atoms with Crippen LogP contribution in [0.25, 0.3) is 0 Å². The number of hydrogen-bond donors (Lipinski definition) is 1. The Morgan fingerprint density at radius 2 is 2.08 bits per heavy atom. The molecule has 5 heteroatoms. The molecule has 0 radical (unpaired) electrons. The van der Waals surface area contributed by atoms with Crippen LogP contribution in [0.4, 0.5) is 0 Å². The van der Waals surface area contributed by atoms with Gasteiger partial charge >= 0.3 is 0 Å². The third-order valence-corrected chi connectivity index (χ3v) is 4.19. The largest absolute Gasteiger partial charge is 0.497 e. The minimum absolute atomic E-state index is 0.515. The average Bonchev–Trinajstić information content (AvgIpc) is 2.82. The van der Waals surface area contributed by atoms with E-state index in [9.17, 15) is 5.11 Å². The molecule has 0 fully saturated rings. The SMILES string of the molecule is COc1ccc2c(c1)OCCN(CC(O)c1ccc(C#N)cc1)C2. The molecular formula is C19H20N2O3. The molecule has 0 aromatic heterocycles. The number of hydrogen-bond acceptors (Lipinski definition) is 5. The number of nitriles is 1. The van der Waals surface area contributed by atoms with Gasteiger partial charge in [0.25, 0.3) is 0 Å². The van der Waals surface area contributed by atoms with Crippen molar-refractivity contribution in [2.24, 2.45) is 0 Å². The highest BCUT2D eigenvalue weighted by Crippen LogP contribution is 2.28. The smallest absolute Gasteiger partial charge is 0.127 e. The van der Waals surface area contributed by atoms with Gasteiger partial charge in [0.1, 0.15) is 18.1 Å². The van der Waals surface area contributed by atoms with Crippen LogP contribution in [0, 0.1) is 11.3 Å². The zero-order valence-corrected chi connectivity index (χ0v) is 13.6. The lowest BCUT2D eigenvalue weighted by Crippen LogP contribution is -2.30. The zero-order valence-electron chi connectivity index (χ0n) is 13.6. The molecule has 1 heterocycles. The lowest BCUT2D eigenvalue weighted by atomic mass is 10.1. The summed E-state index contributed by atoms with van der Waals surface area (Å²) in [6.07, 6.45) is -0.599. The highest BCUT2D eigenvalue weighted by atomic mass is 16.5. The van der Waals surface area contributed by atoms with Gasteiger partial charge in [0.05, 0.1) is 24.8 Å². The van der Waals surface area contributed by atoms with Gasteiger partial charge in [-0.05, 0) is 23.8 Å². The van der Waals surface area contributed by atoms with E-state index in [2.05, 4.69) is 11.0 Å². The second kappa shape index (κ2) is 7.35. The van der Waals surface area contributed by atoms with Crippen LogP contribution in [0.1, 0.15) is 22.8 Å². The molecule has 1 atom stereocenters. The molecule has 0 saturated carbocycles. The molecule has 1 N–H and O–H groups in total. The molecule has 0 bridgehead atoms. The number of nitrogens with zero attached hydrogens (tertiary/aromatic N) is 2. The van der Waals surface area contributed by atoms with E-state index >= 15 is 0 Å². The van der Waals surface area contributed by atoms with Gasteiger partial charge in [-0.1, -0.05) is 18.2 Å². The van der Waals surface area contributed by atoms with Crippen LogP contribution >= 0.6 is 0 Å². The quantitative estimate of drug-likeness (QED) is 0.936. The monoisotopic (exact) mass is 324 g/mol. The van der Waals surface area contributed by atoms with Crippen LogP contribution in [0.2, 0.25) is 0 Å². The Hall–Kier alpha value is -2.55. The normalized spacial score (nSPS) is 15.5. The van der Waals surface area contributed by atoms with Crippen molar-refractivity contribution in [1.29, 1.82) is 5.26 Å². The van der Waals surface area contributed by atoms with E-state index in [0.29, 0.717) is 25.3 Å². The molecule has 0 saturated heterocycles. The molecular weight excluding hydrogens is 304 g/mol. The van der Waals surface area contributed by atoms with E-state index < -0.39 is 6.10 Å². The summed E-state index contributed by atoms with van der Waals surface area (Å²) in [5.74, 6) is 1.62. The van der Waals surface area contributed by atoms with E-state index in [4.69, 9.17) is 14.7 Å². The number of aliphatic hydroxyl groups excluding tert-OH is 1. The molecule has 0 spiro atoms. The number of aliphatic hydroxyl groups is 1. The summed E-state index contributed by atoms with van der Waals surface area (Å²) < 4.78 is 11.0. The third kappa shape index (κ3) is 3.67. The third-order valence-electron chi connectivity index (χ3n) is 4.19. The van der Waals surface area contributed by atoms with Crippen molar-refractivity contribution in [2.45, 2.75) is 12.6 Å². The van der Waals surface area contributed by atoms with Crippen molar-refractivity contribution in [3.63, 3.8) is 0 Å². The molecule has 2 aromatic carbocycles. The van der Waals surface area contributed by atoms with Crippen molar-refractivity contribution in [3.8, 4) is 17.6 Å². The van der Waals surface area contributed by atoms with Crippen LogP contribution in [0.3, 0.4) is 0 Å². The molecule has 0 amide bonds. The highest BCUT2D eigenvalue weighted by molar-refractivity contribution is 5.41. The fraction of sp³-hybridized carbons (Fsp3) is 0.316. The van der Waals surface area contributed by atoms with Crippen molar-refractivity contribution in [2.75, 3.05) is 26.8 Å². The van der Waals surface area contributed by atoms with Gasteiger partial charge in [0.2, 0.25) is 0 Å². The number of benzene rings is 2. The van der Waals surface area contributed by atoms with Gasteiger partial charge in [-0.15, -0.1) is 0 Å². The number of ether oxygens (including phenoxy) is 2. The fourth-order valence-electron chi connectivity index (χ4n) is 2.82. The summed E-state index contributed by atoms with van der Waals surface area (Å²) in [4.78, 5) is 2.17. The van der Waals surface area contributed by atoms with Crippen LogP contribution in [0.5, 0.6) is 11.5 Å². The molecule has 2 aromatic rings. The highest BCUT2D eigenvalue weighted by Gasteiger charge is 2.19. The van der Waals surface area contributed by atoms with Gasteiger partial charge in [0, 0.05) is 31.3 Å². The van der Waals surface area contributed by atoms with Gasteiger partial charge in [-0.2, -0.15) is 5.26 Å². The molecule has 5 nitrogen and oxygen atoms in total. The standard InChI is InChI=1S/C19H20N2O3/c1-23-17-7-6-16-12-21(8-9-24-19(16)10-17)13-18(22)15-4-2-14(11-20)3-5-15/h2-7,10,18,22H,8-9,12-13H2,1H3. The second-order valence-corrected chi connectivity index (χ2v) is 5.81. The first-order valence-electron chi connectivity index (χ1n) is 7.90. The Kier molecular flexibility index (Phi) is 4.99. The van der Waals surface area contributed by atoms with Crippen LogP contribution in [-0.2, 0) is 6.54 Å². The Morgan fingerprint density at radius 3 is 2.79 bits per heavy atom. The van der Waals surface area contributed by atoms with E-state index in [1.54, 1.807) is 31.4 Å². The van der Waals surface area contributed by atoms with E-state index in [1.165, 1.54) is 0 Å². The van der Waals surface area contributed by atoms with Gasteiger partial charge < -0.3 is 14.6 Å². The lowest BCUT2D eigenvalue weighted by Gasteiger charge is -2.23. The molecule has 1 aliphatic heterocycles. The number of β-amino-alcohol motifs (C(OH)–C–C–N with tert-alkyl or cyclic N) is 1. The van der Waals surface area contributed by atoms with Crippen LogP contribution in [-0.4, -0.2) is 36.8 Å². The molecule has 1 aliphatic rings. The van der Waals surface area contributed by atoms with E-state index in [-0.39, 0.29) is 0 Å². The summed E-state index contributed by atoms with van der Waals surface area (Å²) in [5, 5.41) is 19.3. The molecule has 1 unspecified atom stereocenters. The van der Waals surface area contributed by atoms with Gasteiger partial charge in [-0.25, -0.2) is 0 Å². The first-order valence-corrected chi connectivity index (χ1v) is 7.90. The van der Waals surface area contributed by atoms with Crippen molar-refractivity contribution in [3.05, 3.63) is 59.2 Å². The summed E-state index contributed by atoms with van der Waals surface area (Å²) in [6.45, 7) is 2.54. The summed E-state index contributed by atoms with van der Waals surface area (Å²) in [5.41, 5.74) is 2.49. The first kappa shape index (κ1) is 16.3. The average molecular weight is 324 g/mol. The van der Waals surface area contributed by atoms with Crippen molar-refractivity contribution < 1.29 is 14.6 Å². The second-order valence-electron chi connectivity index (χ2n) is 5.81. The Bertz CT molecular complexity index is 737. The zero-order chi connectivity index (χ0) is 16.9. The maximum atomic E-state index is 10.5. The van der Waals surface area contributed by atoms with E-state index in [0.717, 1.165) is 29.2 Å². The first-order chi connectivity index (χ1) is 11.7. The Balaban J connectivity index is 1.69. The predicted molar refractivity (Wildman–Crippen MR) is 89.9 cm³/mol. The Morgan fingerprint density at radius 1 is 1.29 bits per heavy atom. The fourth-order valence-corrected chi connectivity index (χ4v) is 2.82. The van der Waals surface area contributed by atoms with Gasteiger partial charge in [-0.3, -0.25) is 4.90 Å². The van der Waals surface area contributed by atoms with Crippen molar-refractivity contribution >= 4 is 0 Å². The van der Waals surface area contributed by atoms with Crippen molar-refractivity contribution in [1.82, 2.24) is 4.90 Å².